The molecule has 0 radical (unpaired) electrons. The average Bonchev–Trinajstić information content (AvgIpc) is 2.30. The standard InChI is InChI=1S/C12H15NO4/c1-3-17-11(15)12(2,16)13-10(14)9-7-5-4-6-8-9/h4-8,16H,3H2,1-2H3,(H,13,14)/t12-/m1/s1. The normalized spacial score (nSPS) is 13.6. The molecule has 0 heterocycles. The second kappa shape index (κ2) is 5.45. The van der Waals surface area contributed by atoms with Crippen molar-refractivity contribution < 1.29 is 19.4 Å². The molecule has 1 aromatic carbocycles. The summed E-state index contributed by atoms with van der Waals surface area (Å²) in [6.45, 7) is 2.93. The summed E-state index contributed by atoms with van der Waals surface area (Å²) in [4.78, 5) is 23.0. The lowest BCUT2D eigenvalue weighted by Gasteiger charge is -2.22. The summed E-state index contributed by atoms with van der Waals surface area (Å²) in [6.07, 6.45) is 0. The summed E-state index contributed by atoms with van der Waals surface area (Å²) in [5.74, 6) is -1.42. The van der Waals surface area contributed by atoms with Crippen molar-refractivity contribution in [2.75, 3.05) is 6.61 Å². The van der Waals surface area contributed by atoms with Gasteiger partial charge in [-0.15, -0.1) is 0 Å². The first-order chi connectivity index (χ1) is 7.97. The SMILES string of the molecule is CCOC(=O)[C@@](C)(O)NC(=O)c1ccccc1. The molecule has 2 N–H and O–H groups in total. The Morgan fingerprint density at radius 3 is 2.47 bits per heavy atom. The van der Waals surface area contributed by atoms with Crippen LogP contribution in [0.1, 0.15) is 24.2 Å². The van der Waals surface area contributed by atoms with Crippen LogP contribution in [0.2, 0.25) is 0 Å². The fourth-order valence-electron chi connectivity index (χ4n) is 1.21. The number of hydrogen-bond donors (Lipinski definition) is 2. The molecule has 1 atom stereocenters. The van der Waals surface area contributed by atoms with Crippen LogP contribution in [-0.2, 0) is 9.53 Å². The minimum atomic E-state index is -2.02. The molecule has 0 unspecified atom stereocenters. The second-order valence-electron chi connectivity index (χ2n) is 3.61. The predicted octanol–water partition coefficient (Wildman–Crippen LogP) is 0.688. The number of benzene rings is 1. The van der Waals surface area contributed by atoms with E-state index in [0.29, 0.717) is 5.56 Å². The highest BCUT2D eigenvalue weighted by Crippen LogP contribution is 2.05. The Bertz CT molecular complexity index is 400. The number of carbonyl (C=O) groups excluding carboxylic acids is 2. The molecule has 0 bridgehead atoms. The van der Waals surface area contributed by atoms with E-state index >= 15 is 0 Å². The largest absolute Gasteiger partial charge is 0.462 e. The van der Waals surface area contributed by atoms with Crippen LogP contribution in [0.3, 0.4) is 0 Å². The van der Waals surface area contributed by atoms with Gasteiger partial charge in [0.25, 0.3) is 5.91 Å². The van der Waals surface area contributed by atoms with Crippen molar-refractivity contribution in [2.45, 2.75) is 19.6 Å². The van der Waals surface area contributed by atoms with E-state index in [9.17, 15) is 14.7 Å². The zero-order valence-corrected chi connectivity index (χ0v) is 9.77. The molecule has 0 aliphatic heterocycles. The van der Waals surface area contributed by atoms with Gasteiger partial charge in [0.2, 0.25) is 5.72 Å². The third-order valence-electron chi connectivity index (χ3n) is 2.07. The molecule has 0 saturated heterocycles. The van der Waals surface area contributed by atoms with Crippen molar-refractivity contribution >= 4 is 11.9 Å². The molecule has 92 valence electrons. The van der Waals surface area contributed by atoms with E-state index in [1.165, 1.54) is 6.92 Å². The molecule has 1 aromatic rings. The molecule has 17 heavy (non-hydrogen) atoms. The van der Waals surface area contributed by atoms with Crippen LogP contribution in [0, 0.1) is 0 Å². The van der Waals surface area contributed by atoms with Gasteiger partial charge in [-0.05, 0) is 26.0 Å². The molecule has 1 rings (SSSR count). The number of aliphatic hydroxyl groups is 1. The molecule has 0 spiro atoms. The van der Waals surface area contributed by atoms with E-state index in [1.807, 2.05) is 0 Å². The number of esters is 1. The Kier molecular flexibility index (Phi) is 4.23. The van der Waals surface area contributed by atoms with E-state index in [0.717, 1.165) is 0 Å². The van der Waals surface area contributed by atoms with E-state index in [1.54, 1.807) is 37.3 Å². The van der Waals surface area contributed by atoms with Crippen LogP contribution in [-0.4, -0.2) is 29.3 Å². The maximum absolute atomic E-state index is 11.7. The summed E-state index contributed by atoms with van der Waals surface area (Å²) in [5, 5.41) is 11.9. The van der Waals surface area contributed by atoms with Gasteiger partial charge in [0, 0.05) is 5.56 Å². The van der Waals surface area contributed by atoms with Gasteiger partial charge in [-0.25, -0.2) is 4.79 Å². The summed E-state index contributed by atoms with van der Waals surface area (Å²) < 4.78 is 4.64. The molecule has 0 aliphatic carbocycles. The lowest BCUT2D eigenvalue weighted by atomic mass is 10.2. The Morgan fingerprint density at radius 2 is 1.94 bits per heavy atom. The van der Waals surface area contributed by atoms with Crippen molar-refractivity contribution in [3.05, 3.63) is 35.9 Å². The second-order valence-corrected chi connectivity index (χ2v) is 3.61. The van der Waals surface area contributed by atoms with Crippen molar-refractivity contribution in [1.29, 1.82) is 0 Å². The van der Waals surface area contributed by atoms with Gasteiger partial charge in [-0.1, -0.05) is 18.2 Å². The fraction of sp³-hybridized carbons (Fsp3) is 0.333. The molecule has 1 amide bonds. The van der Waals surface area contributed by atoms with Gasteiger partial charge in [0.1, 0.15) is 0 Å². The van der Waals surface area contributed by atoms with Crippen molar-refractivity contribution in [3.63, 3.8) is 0 Å². The predicted molar refractivity (Wildman–Crippen MR) is 61.2 cm³/mol. The number of carbonyl (C=O) groups is 2. The van der Waals surface area contributed by atoms with Crippen molar-refractivity contribution in [3.8, 4) is 0 Å². The van der Waals surface area contributed by atoms with Crippen LogP contribution in [0.5, 0.6) is 0 Å². The summed E-state index contributed by atoms with van der Waals surface area (Å²) in [5.41, 5.74) is -1.67. The number of amides is 1. The summed E-state index contributed by atoms with van der Waals surface area (Å²) in [7, 11) is 0. The van der Waals surface area contributed by atoms with Crippen molar-refractivity contribution in [2.24, 2.45) is 0 Å². The third kappa shape index (κ3) is 3.57. The number of rotatable bonds is 4. The van der Waals surface area contributed by atoms with Crippen LogP contribution >= 0.6 is 0 Å². The van der Waals surface area contributed by atoms with Gasteiger partial charge < -0.3 is 15.2 Å². The van der Waals surface area contributed by atoms with E-state index < -0.39 is 17.6 Å². The highest BCUT2D eigenvalue weighted by atomic mass is 16.6. The quantitative estimate of drug-likeness (QED) is 0.596. The third-order valence-corrected chi connectivity index (χ3v) is 2.07. The van der Waals surface area contributed by atoms with Gasteiger partial charge in [-0.3, -0.25) is 4.79 Å². The van der Waals surface area contributed by atoms with E-state index in [2.05, 4.69) is 10.1 Å². The van der Waals surface area contributed by atoms with Gasteiger partial charge >= 0.3 is 5.97 Å². The highest BCUT2D eigenvalue weighted by Gasteiger charge is 2.33. The number of hydrogen-bond acceptors (Lipinski definition) is 4. The fourth-order valence-corrected chi connectivity index (χ4v) is 1.21. The smallest absolute Gasteiger partial charge is 0.359 e. The highest BCUT2D eigenvalue weighted by molar-refractivity contribution is 5.97. The monoisotopic (exact) mass is 237 g/mol. The van der Waals surface area contributed by atoms with Crippen LogP contribution < -0.4 is 5.32 Å². The zero-order valence-electron chi connectivity index (χ0n) is 9.77. The molecule has 0 saturated carbocycles. The average molecular weight is 237 g/mol. The number of ether oxygens (including phenoxy) is 1. The van der Waals surface area contributed by atoms with Crippen molar-refractivity contribution in [1.82, 2.24) is 5.32 Å². The Balaban J connectivity index is 2.71. The van der Waals surface area contributed by atoms with Crippen LogP contribution in [0.15, 0.2) is 30.3 Å². The molecule has 0 aromatic heterocycles. The lowest BCUT2D eigenvalue weighted by molar-refractivity contribution is -0.165. The minimum Gasteiger partial charge on any atom is -0.462 e. The Hall–Kier alpha value is -1.88. The number of nitrogens with one attached hydrogen (secondary N) is 1. The molecular weight excluding hydrogens is 222 g/mol. The molecule has 0 fully saturated rings. The minimum absolute atomic E-state index is 0.135. The first kappa shape index (κ1) is 13.2. The van der Waals surface area contributed by atoms with E-state index in [4.69, 9.17) is 0 Å². The lowest BCUT2D eigenvalue weighted by Crippen LogP contribution is -2.53. The molecule has 0 aliphatic rings. The Labute approximate surface area is 99.4 Å². The zero-order chi connectivity index (χ0) is 12.9. The van der Waals surface area contributed by atoms with Crippen LogP contribution in [0.4, 0.5) is 0 Å². The maximum Gasteiger partial charge on any atom is 0.359 e. The molecule has 5 heteroatoms. The Morgan fingerprint density at radius 1 is 1.35 bits per heavy atom. The topological polar surface area (TPSA) is 75.6 Å². The van der Waals surface area contributed by atoms with Crippen LogP contribution in [0.25, 0.3) is 0 Å². The molecule has 5 nitrogen and oxygen atoms in total. The van der Waals surface area contributed by atoms with Gasteiger partial charge in [-0.2, -0.15) is 0 Å². The first-order valence-electron chi connectivity index (χ1n) is 5.24. The summed E-state index contributed by atoms with van der Waals surface area (Å²) in [6, 6.07) is 8.30. The van der Waals surface area contributed by atoms with E-state index in [-0.39, 0.29) is 6.61 Å². The van der Waals surface area contributed by atoms with Gasteiger partial charge in [0.15, 0.2) is 0 Å². The van der Waals surface area contributed by atoms with Gasteiger partial charge in [0.05, 0.1) is 6.61 Å². The maximum atomic E-state index is 11.7. The molecular formula is C12H15NO4. The summed E-state index contributed by atoms with van der Waals surface area (Å²) >= 11 is 0. The first-order valence-corrected chi connectivity index (χ1v) is 5.24.